The number of rotatable bonds is 6. The lowest BCUT2D eigenvalue weighted by molar-refractivity contribution is -0.142. The van der Waals surface area contributed by atoms with Gasteiger partial charge in [-0.25, -0.2) is 0 Å². The van der Waals surface area contributed by atoms with Gasteiger partial charge in [-0.05, 0) is 27.6 Å². The number of aliphatic hydroxyl groups is 6. The molecule has 0 heterocycles. The van der Waals surface area contributed by atoms with E-state index < -0.39 is 42.9 Å². The molecular weight excluding hydrogens is 306 g/mol. The molecule has 0 aromatic rings. The fraction of sp³-hybridized carbons (Fsp3) is 0.917. The van der Waals surface area contributed by atoms with Crippen LogP contribution in [0.25, 0.3) is 0 Å². The van der Waals surface area contributed by atoms with Crippen LogP contribution in [0.2, 0.25) is 0 Å². The molecule has 0 aliphatic heterocycles. The molecule has 9 heteroatoms. The van der Waals surface area contributed by atoms with Gasteiger partial charge in [0.05, 0.1) is 6.61 Å². The molecule has 0 amide bonds. The number of hydrogen-bond acceptors (Lipinski definition) is 8. The number of halogens is 1. The van der Waals surface area contributed by atoms with E-state index in [1.165, 1.54) is 0 Å². The van der Waals surface area contributed by atoms with Gasteiger partial charge in [-0.2, -0.15) is 0 Å². The smallest absolute Gasteiger partial charge is 0.189 e. The van der Waals surface area contributed by atoms with Crippen LogP contribution in [-0.4, -0.2) is 99.6 Å². The predicted molar refractivity (Wildman–Crippen MR) is 79.0 cm³/mol. The Morgan fingerprint density at radius 1 is 1.10 bits per heavy atom. The molecule has 130 valence electrons. The topological polar surface area (TPSA) is 142 Å². The van der Waals surface area contributed by atoms with Gasteiger partial charge in [-0.3, -0.25) is 4.79 Å². The monoisotopic (exact) mass is 333 g/mol. The van der Waals surface area contributed by atoms with Crippen LogP contribution in [0.5, 0.6) is 0 Å². The van der Waals surface area contributed by atoms with Crippen molar-refractivity contribution < 1.29 is 35.4 Å². The van der Waals surface area contributed by atoms with Gasteiger partial charge < -0.3 is 35.5 Å². The first-order chi connectivity index (χ1) is 9.54. The molecule has 21 heavy (non-hydrogen) atoms. The minimum absolute atomic E-state index is 0.627. The average Bonchev–Trinajstić information content (AvgIpc) is 2.43. The second kappa shape index (κ2) is 16.1. The molecule has 1 unspecified atom stereocenters. The van der Waals surface area contributed by atoms with Crippen LogP contribution in [0.15, 0.2) is 0 Å². The van der Waals surface area contributed by atoms with E-state index in [-0.39, 0.29) is 0 Å². The number of ketones is 1. The van der Waals surface area contributed by atoms with Crippen molar-refractivity contribution in [2.45, 2.75) is 37.2 Å². The molecule has 0 saturated carbocycles. The lowest BCUT2D eigenvalue weighted by Gasteiger charge is -2.19. The Bertz CT molecular complexity index is 239. The molecule has 0 aliphatic carbocycles. The van der Waals surface area contributed by atoms with Crippen molar-refractivity contribution in [3.63, 3.8) is 0 Å². The van der Waals surface area contributed by atoms with E-state index in [1.807, 2.05) is 33.0 Å². The molecule has 0 aromatic heterocycles. The van der Waals surface area contributed by atoms with E-state index >= 15 is 0 Å². The van der Waals surface area contributed by atoms with Crippen LogP contribution in [0.4, 0.5) is 0 Å². The number of Topliss-reactive ketones (excluding diaryl/α,β-unsaturated/α-hetero) is 1. The van der Waals surface area contributed by atoms with Gasteiger partial charge >= 0.3 is 0 Å². The Kier molecular flexibility index (Phi) is 19.6. The molecule has 0 fully saturated rings. The normalized spacial score (nSPS) is 15.8. The zero-order valence-electron chi connectivity index (χ0n) is 12.8. The van der Waals surface area contributed by atoms with Crippen LogP contribution >= 0.6 is 11.6 Å². The summed E-state index contributed by atoms with van der Waals surface area (Å²) in [4.78, 5) is 12.5. The maximum absolute atomic E-state index is 10.5. The molecule has 0 saturated heterocycles. The van der Waals surface area contributed by atoms with Crippen molar-refractivity contribution in [2.24, 2.45) is 0 Å². The number of aliphatic hydroxyl groups excluding tert-OH is 6. The van der Waals surface area contributed by atoms with Crippen molar-refractivity contribution in [1.82, 2.24) is 4.90 Å². The first-order valence-electron chi connectivity index (χ1n) is 6.26. The minimum Gasteiger partial charge on any atom is -0.394 e. The van der Waals surface area contributed by atoms with Crippen LogP contribution in [0.3, 0.4) is 0 Å². The minimum atomic E-state index is -1.86. The summed E-state index contributed by atoms with van der Waals surface area (Å²) in [6.45, 7) is 0.130. The molecule has 0 rings (SSSR count). The fourth-order valence-corrected chi connectivity index (χ4v) is 0.602. The Morgan fingerprint density at radius 3 is 1.62 bits per heavy atom. The number of alkyl halides is 1. The van der Waals surface area contributed by atoms with Crippen LogP contribution < -0.4 is 0 Å². The second-order valence-corrected chi connectivity index (χ2v) is 5.00. The summed E-state index contributed by atoms with van der Waals surface area (Å²) in [5, 5.41) is 51.2. The van der Waals surface area contributed by atoms with Gasteiger partial charge in [0.2, 0.25) is 0 Å². The van der Waals surface area contributed by atoms with Crippen molar-refractivity contribution in [1.29, 1.82) is 0 Å². The molecule has 8 nitrogen and oxygen atoms in total. The van der Waals surface area contributed by atoms with Gasteiger partial charge in [0.25, 0.3) is 0 Å². The van der Waals surface area contributed by atoms with Crippen LogP contribution in [-0.2, 0) is 4.79 Å². The molecule has 6 N–H and O–H groups in total. The van der Waals surface area contributed by atoms with Crippen molar-refractivity contribution in [3.8, 4) is 0 Å². The van der Waals surface area contributed by atoms with Gasteiger partial charge in [0, 0.05) is 0 Å². The van der Waals surface area contributed by atoms with E-state index in [4.69, 9.17) is 42.2 Å². The molecule has 0 radical (unpaired) electrons. The number of carbonyl (C=O) groups is 1. The second-order valence-electron chi connectivity index (χ2n) is 4.49. The summed E-state index contributed by atoms with van der Waals surface area (Å²) < 4.78 is 0. The SMILES string of the molecule is CCC(O)Cl.CN(C)C.O=C(CO)[C@@H](O)[C@H](O)[C@H](O)CO. The highest BCUT2D eigenvalue weighted by atomic mass is 35.5. The number of nitrogens with zero attached hydrogens (tertiary/aromatic N) is 1. The van der Waals surface area contributed by atoms with Crippen molar-refractivity contribution in [2.75, 3.05) is 34.4 Å². The van der Waals surface area contributed by atoms with Crippen molar-refractivity contribution >= 4 is 17.4 Å². The summed E-state index contributed by atoms with van der Waals surface area (Å²) in [5.74, 6) is -1.00. The molecular formula is C12H28ClNO7. The van der Waals surface area contributed by atoms with Crippen LogP contribution in [0.1, 0.15) is 13.3 Å². The maximum atomic E-state index is 10.5. The van der Waals surface area contributed by atoms with E-state index in [9.17, 15) is 4.79 Å². The highest BCUT2D eigenvalue weighted by Gasteiger charge is 2.28. The summed E-state index contributed by atoms with van der Waals surface area (Å²) in [5.41, 5.74) is -0.644. The standard InChI is InChI=1S/C6H12O6.C3H7ClO.C3H9N/c7-1-3(9)5(11)6(12)4(10)2-8;1-2-3(4)5;1-4(2)3/h3,5-9,11-12H,1-2H2;3,5H,2H2,1H3;1-3H3/t3-,5-,6-;;/m1../s1. The first-order valence-corrected chi connectivity index (χ1v) is 6.70. The third kappa shape index (κ3) is 19.7. The zero-order chi connectivity index (χ0) is 17.6. The van der Waals surface area contributed by atoms with Gasteiger partial charge in [-0.15, -0.1) is 0 Å². The van der Waals surface area contributed by atoms with E-state index in [2.05, 4.69) is 0 Å². The zero-order valence-corrected chi connectivity index (χ0v) is 13.6. The largest absolute Gasteiger partial charge is 0.394 e. The average molecular weight is 334 g/mol. The van der Waals surface area contributed by atoms with E-state index in [0.717, 1.165) is 0 Å². The van der Waals surface area contributed by atoms with Crippen molar-refractivity contribution in [3.05, 3.63) is 0 Å². The number of hydrogen-bond donors (Lipinski definition) is 6. The highest BCUT2D eigenvalue weighted by Crippen LogP contribution is 2.00. The fourth-order valence-electron chi connectivity index (χ4n) is 0.602. The van der Waals surface area contributed by atoms with E-state index in [0.29, 0.717) is 6.42 Å². The van der Waals surface area contributed by atoms with Gasteiger partial charge in [0.15, 0.2) is 5.78 Å². The highest BCUT2D eigenvalue weighted by molar-refractivity contribution is 6.19. The third-order valence-electron chi connectivity index (χ3n) is 1.73. The summed E-state index contributed by atoms with van der Waals surface area (Å²) >= 11 is 5.02. The van der Waals surface area contributed by atoms with E-state index in [1.54, 1.807) is 0 Å². The lowest BCUT2D eigenvalue weighted by Crippen LogP contribution is -2.44. The lowest BCUT2D eigenvalue weighted by atomic mass is 10.1. The Balaban J connectivity index is -0.000000297. The summed E-state index contributed by atoms with van der Waals surface area (Å²) in [7, 11) is 6.00. The molecule has 0 bridgehead atoms. The molecule has 0 aromatic carbocycles. The van der Waals surface area contributed by atoms with Crippen LogP contribution in [0, 0.1) is 0 Å². The quantitative estimate of drug-likeness (QED) is 0.299. The maximum Gasteiger partial charge on any atom is 0.189 e. The van der Waals surface area contributed by atoms with Gasteiger partial charge in [0.1, 0.15) is 30.5 Å². The Labute approximate surface area is 130 Å². The molecule has 4 atom stereocenters. The Hall–Kier alpha value is -0.320. The Morgan fingerprint density at radius 2 is 1.43 bits per heavy atom. The summed E-state index contributed by atoms with van der Waals surface area (Å²) in [6.07, 6.45) is -4.59. The predicted octanol–water partition coefficient (Wildman–Crippen LogP) is -2.25. The first kappa shape index (κ1) is 25.6. The molecule has 0 aliphatic rings. The van der Waals surface area contributed by atoms with Gasteiger partial charge in [-0.1, -0.05) is 18.5 Å². The summed E-state index contributed by atoms with van der Waals surface area (Å²) in [6, 6.07) is 0. The third-order valence-corrected chi connectivity index (χ3v) is 2.04. The number of carbonyl (C=O) groups excluding carboxylic acids is 1. The molecule has 0 spiro atoms.